The predicted octanol–water partition coefficient (Wildman–Crippen LogP) is 1.07. The molecule has 0 aliphatic heterocycles. The monoisotopic (exact) mass is 333 g/mol. The first-order valence-corrected chi connectivity index (χ1v) is 8.89. The van der Waals surface area contributed by atoms with Gasteiger partial charge in [0.1, 0.15) is 6.04 Å². The van der Waals surface area contributed by atoms with Gasteiger partial charge in [0.25, 0.3) is 10.2 Å². The van der Waals surface area contributed by atoms with E-state index in [4.69, 9.17) is 0 Å². The number of aliphatic carboxylic acids is 1. The number of hydrogen-bond donors (Lipinski definition) is 1. The highest BCUT2D eigenvalue weighted by Gasteiger charge is 2.41. The summed E-state index contributed by atoms with van der Waals surface area (Å²) in [6.07, 6.45) is 1.64. The first-order chi connectivity index (χ1) is 9.73. The Kier molecular flexibility index (Phi) is 4.66. The standard InChI is InChI=1S/C12H19N3O4S2/c1-8(12(16)17)15(6-10-7-20-9(2)13-10)21(18,19)14(3)11-4-5-11/h7-8,11H,4-6H2,1-3H3,(H,16,17). The van der Waals surface area contributed by atoms with Gasteiger partial charge >= 0.3 is 5.97 Å². The van der Waals surface area contributed by atoms with Crippen LogP contribution in [0.15, 0.2) is 5.38 Å². The molecule has 0 bridgehead atoms. The van der Waals surface area contributed by atoms with Gasteiger partial charge < -0.3 is 5.11 Å². The van der Waals surface area contributed by atoms with Crippen LogP contribution in [0.3, 0.4) is 0 Å². The smallest absolute Gasteiger partial charge is 0.321 e. The van der Waals surface area contributed by atoms with Gasteiger partial charge in [-0.2, -0.15) is 17.0 Å². The van der Waals surface area contributed by atoms with E-state index in [2.05, 4.69) is 4.98 Å². The Morgan fingerprint density at radius 2 is 2.19 bits per heavy atom. The molecule has 0 radical (unpaired) electrons. The predicted molar refractivity (Wildman–Crippen MR) is 79.2 cm³/mol. The number of carbonyl (C=O) groups is 1. The minimum absolute atomic E-state index is 0.0179. The molecule has 0 aromatic carbocycles. The van der Waals surface area contributed by atoms with Gasteiger partial charge in [-0.05, 0) is 26.7 Å². The van der Waals surface area contributed by atoms with Crippen molar-refractivity contribution >= 4 is 27.5 Å². The fourth-order valence-electron chi connectivity index (χ4n) is 1.97. The van der Waals surface area contributed by atoms with Crippen molar-refractivity contribution in [1.82, 2.24) is 13.6 Å². The number of aryl methyl sites for hydroxylation is 1. The quantitative estimate of drug-likeness (QED) is 0.806. The van der Waals surface area contributed by atoms with Gasteiger partial charge in [0.05, 0.1) is 17.2 Å². The van der Waals surface area contributed by atoms with E-state index in [1.807, 2.05) is 6.92 Å². The zero-order valence-corrected chi connectivity index (χ0v) is 13.8. The maximum atomic E-state index is 12.6. The zero-order chi connectivity index (χ0) is 15.8. The van der Waals surface area contributed by atoms with Gasteiger partial charge in [-0.3, -0.25) is 4.79 Å². The molecular formula is C12H19N3O4S2. The fourth-order valence-corrected chi connectivity index (χ4v) is 4.28. The minimum Gasteiger partial charge on any atom is -0.480 e. The van der Waals surface area contributed by atoms with E-state index in [-0.39, 0.29) is 12.6 Å². The van der Waals surface area contributed by atoms with Crippen molar-refractivity contribution in [3.8, 4) is 0 Å². The van der Waals surface area contributed by atoms with Crippen LogP contribution >= 0.6 is 11.3 Å². The summed E-state index contributed by atoms with van der Waals surface area (Å²) in [4.78, 5) is 15.5. The summed E-state index contributed by atoms with van der Waals surface area (Å²) in [5.41, 5.74) is 0.568. The molecule has 1 unspecified atom stereocenters. The van der Waals surface area contributed by atoms with Crippen LogP contribution in [0.4, 0.5) is 0 Å². The van der Waals surface area contributed by atoms with Gasteiger partial charge in [0, 0.05) is 18.5 Å². The molecule has 1 heterocycles. The second-order valence-corrected chi connectivity index (χ2v) is 8.18. The summed E-state index contributed by atoms with van der Waals surface area (Å²) < 4.78 is 27.5. The van der Waals surface area contributed by atoms with Crippen LogP contribution in [-0.4, -0.2) is 52.2 Å². The lowest BCUT2D eigenvalue weighted by molar-refractivity contribution is -0.141. The summed E-state index contributed by atoms with van der Waals surface area (Å²) in [6, 6.07) is -1.16. The lowest BCUT2D eigenvalue weighted by Crippen LogP contribution is -2.49. The molecule has 21 heavy (non-hydrogen) atoms. The highest BCUT2D eigenvalue weighted by Crippen LogP contribution is 2.30. The number of carboxylic acids is 1. The Balaban J connectivity index is 2.28. The van der Waals surface area contributed by atoms with Gasteiger partial charge in [0.15, 0.2) is 0 Å². The number of thiazole rings is 1. The van der Waals surface area contributed by atoms with E-state index in [1.165, 1.54) is 29.6 Å². The molecule has 1 aromatic heterocycles. The van der Waals surface area contributed by atoms with Crippen LogP contribution < -0.4 is 0 Å². The molecule has 1 aromatic rings. The summed E-state index contributed by atoms with van der Waals surface area (Å²) in [6.45, 7) is 3.17. The number of aromatic nitrogens is 1. The maximum absolute atomic E-state index is 12.6. The molecule has 1 saturated carbocycles. The van der Waals surface area contributed by atoms with E-state index in [9.17, 15) is 18.3 Å². The topological polar surface area (TPSA) is 90.8 Å². The Morgan fingerprint density at radius 1 is 1.57 bits per heavy atom. The first-order valence-electron chi connectivity index (χ1n) is 6.62. The Hall–Kier alpha value is -1.03. The normalized spacial score (nSPS) is 17.4. The highest BCUT2D eigenvalue weighted by atomic mass is 32.2. The molecule has 0 amide bonds. The average Bonchev–Trinajstić information content (AvgIpc) is 3.17. The third-order valence-electron chi connectivity index (χ3n) is 3.50. The number of carboxylic acid groups (broad SMARTS) is 1. The molecular weight excluding hydrogens is 314 g/mol. The van der Waals surface area contributed by atoms with Crippen LogP contribution in [0.1, 0.15) is 30.5 Å². The fraction of sp³-hybridized carbons (Fsp3) is 0.667. The first kappa shape index (κ1) is 16.3. The molecule has 9 heteroatoms. The van der Waals surface area contributed by atoms with Gasteiger partial charge in [0.2, 0.25) is 0 Å². The van der Waals surface area contributed by atoms with Crippen LogP contribution in [0.2, 0.25) is 0 Å². The Labute approximate surface area is 128 Å². The largest absolute Gasteiger partial charge is 0.480 e. The van der Waals surface area contributed by atoms with Crippen molar-refractivity contribution in [3.63, 3.8) is 0 Å². The van der Waals surface area contributed by atoms with E-state index in [0.717, 1.165) is 22.2 Å². The zero-order valence-electron chi connectivity index (χ0n) is 12.2. The average molecular weight is 333 g/mol. The van der Waals surface area contributed by atoms with E-state index in [0.29, 0.717) is 5.69 Å². The van der Waals surface area contributed by atoms with Crippen molar-refractivity contribution in [2.75, 3.05) is 7.05 Å². The molecule has 1 N–H and O–H groups in total. The second kappa shape index (κ2) is 5.99. The molecule has 1 fully saturated rings. The van der Waals surface area contributed by atoms with Gasteiger partial charge in [-0.1, -0.05) is 0 Å². The number of hydrogen-bond acceptors (Lipinski definition) is 5. The molecule has 118 valence electrons. The van der Waals surface area contributed by atoms with Crippen molar-refractivity contribution in [1.29, 1.82) is 0 Å². The van der Waals surface area contributed by atoms with Gasteiger partial charge in [-0.25, -0.2) is 4.98 Å². The molecule has 0 saturated heterocycles. The maximum Gasteiger partial charge on any atom is 0.321 e. The summed E-state index contributed by atoms with van der Waals surface area (Å²) in [5.74, 6) is -1.17. The van der Waals surface area contributed by atoms with Crippen LogP contribution in [0, 0.1) is 6.92 Å². The second-order valence-electron chi connectivity index (χ2n) is 5.17. The minimum atomic E-state index is -3.82. The molecule has 1 aliphatic rings. The molecule has 0 spiro atoms. The van der Waals surface area contributed by atoms with E-state index >= 15 is 0 Å². The van der Waals surface area contributed by atoms with E-state index in [1.54, 1.807) is 5.38 Å². The third-order valence-corrected chi connectivity index (χ3v) is 6.38. The molecule has 2 rings (SSSR count). The molecule has 7 nitrogen and oxygen atoms in total. The molecule has 1 atom stereocenters. The summed E-state index contributed by atoms with van der Waals surface area (Å²) in [5, 5.41) is 11.8. The van der Waals surface area contributed by atoms with Crippen LogP contribution in [0.5, 0.6) is 0 Å². The van der Waals surface area contributed by atoms with Crippen LogP contribution in [0.25, 0.3) is 0 Å². The van der Waals surface area contributed by atoms with Crippen molar-refractivity contribution in [3.05, 3.63) is 16.1 Å². The van der Waals surface area contributed by atoms with Crippen molar-refractivity contribution < 1.29 is 18.3 Å². The summed E-state index contributed by atoms with van der Waals surface area (Å²) >= 11 is 1.41. The van der Waals surface area contributed by atoms with E-state index < -0.39 is 22.2 Å². The Morgan fingerprint density at radius 3 is 2.62 bits per heavy atom. The van der Waals surface area contributed by atoms with Crippen molar-refractivity contribution in [2.24, 2.45) is 0 Å². The van der Waals surface area contributed by atoms with Crippen molar-refractivity contribution in [2.45, 2.75) is 45.3 Å². The number of nitrogens with zero attached hydrogens (tertiary/aromatic N) is 3. The van der Waals surface area contributed by atoms with Gasteiger partial charge in [-0.15, -0.1) is 11.3 Å². The summed E-state index contributed by atoms with van der Waals surface area (Å²) in [7, 11) is -2.32. The Bertz CT molecular complexity index is 624. The van der Waals surface area contributed by atoms with Crippen LogP contribution in [-0.2, 0) is 21.5 Å². The highest BCUT2D eigenvalue weighted by molar-refractivity contribution is 7.86. The molecule has 1 aliphatic carbocycles. The number of rotatable bonds is 7. The third kappa shape index (κ3) is 3.60. The lowest BCUT2D eigenvalue weighted by Gasteiger charge is -2.29. The lowest BCUT2D eigenvalue weighted by atomic mass is 10.3. The SMILES string of the molecule is Cc1nc(CN(C(C)C(=O)O)S(=O)(=O)N(C)C2CC2)cs1.